The molecular formula is C14H16N2O3S. The minimum absolute atomic E-state index is 0.110. The highest BCUT2D eigenvalue weighted by atomic mass is 32.2. The second kappa shape index (κ2) is 5.52. The van der Waals surface area contributed by atoms with Crippen LogP contribution < -0.4 is 10.5 Å². The molecule has 6 heteroatoms. The molecule has 0 radical (unpaired) electrons. The van der Waals surface area contributed by atoms with Gasteiger partial charge in [0.1, 0.15) is 5.75 Å². The van der Waals surface area contributed by atoms with Crippen LogP contribution in [-0.2, 0) is 16.6 Å². The van der Waals surface area contributed by atoms with Crippen molar-refractivity contribution in [3.63, 3.8) is 0 Å². The Bertz CT molecular complexity index is 727. The van der Waals surface area contributed by atoms with Gasteiger partial charge in [0.05, 0.1) is 4.90 Å². The van der Waals surface area contributed by atoms with Gasteiger partial charge in [0.2, 0.25) is 10.0 Å². The van der Waals surface area contributed by atoms with Gasteiger partial charge in [0.25, 0.3) is 0 Å². The van der Waals surface area contributed by atoms with E-state index in [9.17, 15) is 13.5 Å². The third-order valence-electron chi connectivity index (χ3n) is 2.90. The molecule has 0 amide bonds. The van der Waals surface area contributed by atoms with Gasteiger partial charge in [-0.25, -0.2) is 13.6 Å². The zero-order valence-electron chi connectivity index (χ0n) is 11.0. The fourth-order valence-electron chi connectivity index (χ4n) is 1.89. The lowest BCUT2D eigenvalue weighted by molar-refractivity contribution is 0.474. The molecule has 2 aromatic rings. The van der Waals surface area contributed by atoms with Gasteiger partial charge >= 0.3 is 0 Å². The van der Waals surface area contributed by atoms with Gasteiger partial charge in [-0.2, -0.15) is 0 Å². The van der Waals surface area contributed by atoms with Gasteiger partial charge in [-0.1, -0.05) is 18.2 Å². The van der Waals surface area contributed by atoms with E-state index in [-0.39, 0.29) is 10.6 Å². The highest BCUT2D eigenvalue weighted by Gasteiger charge is 2.11. The molecule has 0 aliphatic heterocycles. The maximum Gasteiger partial charge on any atom is 0.238 e. The number of nitrogens with two attached hydrogens (primary N) is 1. The van der Waals surface area contributed by atoms with E-state index in [0.717, 1.165) is 5.56 Å². The monoisotopic (exact) mass is 292 g/mol. The molecule has 0 aliphatic carbocycles. The molecule has 2 rings (SSSR count). The van der Waals surface area contributed by atoms with E-state index in [0.29, 0.717) is 17.8 Å². The first-order chi connectivity index (χ1) is 9.36. The number of aromatic hydroxyl groups is 1. The second-order valence-corrected chi connectivity index (χ2v) is 6.08. The zero-order chi connectivity index (χ0) is 14.8. The van der Waals surface area contributed by atoms with Crippen LogP contribution in [0.3, 0.4) is 0 Å². The predicted molar refractivity (Wildman–Crippen MR) is 78.0 cm³/mol. The first kappa shape index (κ1) is 14.4. The molecule has 0 atom stereocenters. The standard InChI is InChI=1S/C14H16N2O3S/c1-10-5-6-12(8-14(10)20(15,18)19)16-9-11-3-2-4-13(17)7-11/h2-8,16-17H,9H2,1H3,(H2,15,18,19). The normalized spacial score (nSPS) is 11.3. The van der Waals surface area contributed by atoms with Crippen molar-refractivity contribution < 1.29 is 13.5 Å². The number of phenols is 1. The van der Waals surface area contributed by atoms with Crippen LogP contribution in [-0.4, -0.2) is 13.5 Å². The molecule has 0 unspecified atom stereocenters. The Balaban J connectivity index is 2.19. The van der Waals surface area contributed by atoms with Crippen LogP contribution in [0.5, 0.6) is 5.75 Å². The number of hydrogen-bond donors (Lipinski definition) is 3. The van der Waals surface area contributed by atoms with Crippen LogP contribution in [0.2, 0.25) is 0 Å². The summed E-state index contributed by atoms with van der Waals surface area (Å²) < 4.78 is 22.9. The number of rotatable bonds is 4. The van der Waals surface area contributed by atoms with E-state index >= 15 is 0 Å². The Morgan fingerprint density at radius 1 is 1.20 bits per heavy atom. The number of anilines is 1. The third-order valence-corrected chi connectivity index (χ3v) is 3.95. The van der Waals surface area contributed by atoms with Crippen molar-refractivity contribution in [1.29, 1.82) is 0 Å². The largest absolute Gasteiger partial charge is 0.508 e. The Morgan fingerprint density at radius 2 is 1.95 bits per heavy atom. The van der Waals surface area contributed by atoms with E-state index in [4.69, 9.17) is 5.14 Å². The average molecular weight is 292 g/mol. The van der Waals surface area contributed by atoms with Crippen molar-refractivity contribution >= 4 is 15.7 Å². The minimum Gasteiger partial charge on any atom is -0.508 e. The quantitative estimate of drug-likeness (QED) is 0.803. The lowest BCUT2D eigenvalue weighted by Crippen LogP contribution is -2.14. The number of nitrogens with one attached hydrogen (secondary N) is 1. The second-order valence-electron chi connectivity index (χ2n) is 4.55. The summed E-state index contributed by atoms with van der Waals surface area (Å²) in [5, 5.41) is 17.6. The number of phenolic OH excluding ortho intramolecular Hbond substituents is 1. The summed E-state index contributed by atoms with van der Waals surface area (Å²) in [6.45, 7) is 2.17. The molecule has 0 spiro atoms. The molecule has 0 heterocycles. The van der Waals surface area contributed by atoms with Crippen molar-refractivity contribution in [2.75, 3.05) is 5.32 Å². The van der Waals surface area contributed by atoms with Gasteiger partial charge in [-0.05, 0) is 42.3 Å². The van der Waals surface area contributed by atoms with Crippen LogP contribution in [0.4, 0.5) is 5.69 Å². The van der Waals surface area contributed by atoms with Crippen molar-refractivity contribution in [3.8, 4) is 5.75 Å². The van der Waals surface area contributed by atoms with E-state index in [1.807, 2.05) is 6.07 Å². The summed E-state index contributed by atoms with van der Waals surface area (Å²) in [6.07, 6.45) is 0. The number of aryl methyl sites for hydroxylation is 1. The smallest absolute Gasteiger partial charge is 0.238 e. The molecule has 4 N–H and O–H groups in total. The van der Waals surface area contributed by atoms with E-state index in [1.54, 1.807) is 37.3 Å². The summed E-state index contributed by atoms with van der Waals surface area (Å²) in [6, 6.07) is 11.8. The third kappa shape index (κ3) is 3.49. The molecule has 0 aliphatic rings. The fourth-order valence-corrected chi connectivity index (χ4v) is 2.70. The topological polar surface area (TPSA) is 92.4 Å². The minimum atomic E-state index is -3.73. The summed E-state index contributed by atoms with van der Waals surface area (Å²) in [4.78, 5) is 0.110. The SMILES string of the molecule is Cc1ccc(NCc2cccc(O)c2)cc1S(N)(=O)=O. The van der Waals surface area contributed by atoms with Crippen molar-refractivity contribution in [2.45, 2.75) is 18.4 Å². The lowest BCUT2D eigenvalue weighted by atomic mass is 10.2. The molecule has 20 heavy (non-hydrogen) atoms. The lowest BCUT2D eigenvalue weighted by Gasteiger charge is -2.10. The maximum absolute atomic E-state index is 11.4. The first-order valence-corrected chi connectivity index (χ1v) is 7.56. The average Bonchev–Trinajstić information content (AvgIpc) is 2.36. The van der Waals surface area contributed by atoms with Crippen LogP contribution in [0.1, 0.15) is 11.1 Å². The molecular weight excluding hydrogens is 276 g/mol. The molecule has 5 nitrogen and oxygen atoms in total. The number of benzene rings is 2. The van der Waals surface area contributed by atoms with E-state index in [2.05, 4.69) is 5.32 Å². The van der Waals surface area contributed by atoms with Crippen molar-refractivity contribution in [1.82, 2.24) is 0 Å². The number of primary sulfonamides is 1. The van der Waals surface area contributed by atoms with Crippen LogP contribution >= 0.6 is 0 Å². The molecule has 0 saturated carbocycles. The molecule has 106 valence electrons. The predicted octanol–water partition coefficient (Wildman–Crippen LogP) is 1.96. The maximum atomic E-state index is 11.4. The van der Waals surface area contributed by atoms with Crippen molar-refractivity contribution in [3.05, 3.63) is 53.6 Å². The summed E-state index contributed by atoms with van der Waals surface area (Å²) >= 11 is 0. The molecule has 0 bridgehead atoms. The van der Waals surface area contributed by atoms with Gasteiger partial charge in [0, 0.05) is 12.2 Å². The Kier molecular flexibility index (Phi) is 3.96. The van der Waals surface area contributed by atoms with Crippen LogP contribution in [0.15, 0.2) is 47.4 Å². The fraction of sp³-hybridized carbons (Fsp3) is 0.143. The summed E-state index contributed by atoms with van der Waals surface area (Å²) in [7, 11) is -3.73. The zero-order valence-corrected chi connectivity index (χ0v) is 11.8. The Labute approximate surface area is 118 Å². The van der Waals surface area contributed by atoms with E-state index < -0.39 is 10.0 Å². The molecule has 2 aromatic carbocycles. The summed E-state index contributed by atoms with van der Waals surface area (Å²) in [5.41, 5.74) is 2.15. The van der Waals surface area contributed by atoms with Gasteiger partial charge < -0.3 is 10.4 Å². The molecule has 0 saturated heterocycles. The number of hydrogen-bond acceptors (Lipinski definition) is 4. The Morgan fingerprint density at radius 3 is 2.60 bits per heavy atom. The van der Waals surface area contributed by atoms with E-state index in [1.165, 1.54) is 6.07 Å². The highest BCUT2D eigenvalue weighted by Crippen LogP contribution is 2.20. The number of sulfonamides is 1. The van der Waals surface area contributed by atoms with Crippen LogP contribution in [0, 0.1) is 6.92 Å². The first-order valence-electron chi connectivity index (χ1n) is 6.01. The molecule has 0 fully saturated rings. The van der Waals surface area contributed by atoms with Gasteiger partial charge in [0.15, 0.2) is 0 Å². The van der Waals surface area contributed by atoms with Gasteiger partial charge in [-0.3, -0.25) is 0 Å². The highest BCUT2D eigenvalue weighted by molar-refractivity contribution is 7.89. The molecule has 0 aromatic heterocycles. The Hall–Kier alpha value is -2.05. The van der Waals surface area contributed by atoms with Gasteiger partial charge in [-0.15, -0.1) is 0 Å². The van der Waals surface area contributed by atoms with Crippen LogP contribution in [0.25, 0.3) is 0 Å². The van der Waals surface area contributed by atoms with Crippen molar-refractivity contribution in [2.24, 2.45) is 5.14 Å². The summed E-state index contributed by atoms with van der Waals surface area (Å²) in [5.74, 6) is 0.193.